The number of anilines is 3. The first kappa shape index (κ1) is 20.3. The largest absolute Gasteiger partial charge is 0.478 e. The zero-order chi connectivity index (χ0) is 23.1. The maximum atomic E-state index is 12.5. The lowest BCUT2D eigenvalue weighted by Gasteiger charge is -2.19. The van der Waals surface area contributed by atoms with Crippen LogP contribution in [0.5, 0.6) is 5.75 Å². The highest BCUT2D eigenvalue weighted by Crippen LogP contribution is 2.50. The van der Waals surface area contributed by atoms with Crippen molar-refractivity contribution in [2.24, 2.45) is 0 Å². The fourth-order valence-corrected chi connectivity index (χ4v) is 4.03. The summed E-state index contributed by atoms with van der Waals surface area (Å²) in [6.45, 7) is -0.155. The number of ether oxygens (including phenoxy) is 1. The number of nitrogens with zero attached hydrogens (tertiary/aromatic N) is 4. The highest BCUT2D eigenvalue weighted by Gasteiger charge is 2.57. The molecule has 1 atom stereocenters. The standard InChI is InChI=1S/C24H20N6O4/c31-12-18(14-4-2-1-3-5-14)28-21-17(22-30-26-13-33-22)11-25-23(29-21)27-15-6-7-16-19(10-15)34-24(8-9-24)20(16)32/h1-7,10-11,13,18,31H,8-9,12H2,(H2,25,27,28,29)/t18-/m1/s1. The second-order valence-corrected chi connectivity index (χ2v) is 8.25. The summed E-state index contributed by atoms with van der Waals surface area (Å²) in [7, 11) is 0. The molecule has 3 N–H and O–H groups in total. The van der Waals surface area contributed by atoms with Crippen LogP contribution in [-0.2, 0) is 0 Å². The molecule has 2 aliphatic rings. The number of benzene rings is 2. The molecule has 170 valence electrons. The summed E-state index contributed by atoms with van der Waals surface area (Å²) in [6, 6.07) is 14.5. The molecule has 2 aromatic carbocycles. The molecule has 0 saturated heterocycles. The van der Waals surface area contributed by atoms with E-state index in [4.69, 9.17) is 9.15 Å². The number of hydrogen-bond donors (Lipinski definition) is 3. The third-order valence-electron chi connectivity index (χ3n) is 5.98. The molecule has 2 aromatic heterocycles. The number of aliphatic hydroxyl groups excluding tert-OH is 1. The summed E-state index contributed by atoms with van der Waals surface area (Å²) < 4.78 is 11.3. The molecule has 0 amide bonds. The quantitative estimate of drug-likeness (QED) is 0.379. The molecule has 1 fully saturated rings. The van der Waals surface area contributed by atoms with Crippen molar-refractivity contribution in [3.63, 3.8) is 0 Å². The Bertz CT molecular complexity index is 1360. The van der Waals surface area contributed by atoms with Gasteiger partial charge in [0.25, 0.3) is 5.89 Å². The zero-order valence-electron chi connectivity index (χ0n) is 17.9. The van der Waals surface area contributed by atoms with Crippen LogP contribution < -0.4 is 15.4 Å². The van der Waals surface area contributed by atoms with Crippen molar-refractivity contribution in [1.29, 1.82) is 0 Å². The normalized spacial score (nSPS) is 16.1. The van der Waals surface area contributed by atoms with E-state index in [1.54, 1.807) is 24.4 Å². The molecule has 4 aromatic rings. The Morgan fingerprint density at radius 3 is 2.71 bits per heavy atom. The SMILES string of the molecule is O=C1c2ccc(Nc3ncc(-c4nnco4)c(N[C@H](CO)c4ccccc4)n3)cc2OC12CC2. The van der Waals surface area contributed by atoms with Crippen molar-refractivity contribution in [3.8, 4) is 17.2 Å². The Hall–Kier alpha value is -4.31. The second kappa shape index (κ2) is 7.92. The summed E-state index contributed by atoms with van der Waals surface area (Å²) >= 11 is 0. The molecule has 1 saturated carbocycles. The van der Waals surface area contributed by atoms with E-state index in [9.17, 15) is 9.90 Å². The number of aromatic nitrogens is 4. The summed E-state index contributed by atoms with van der Waals surface area (Å²) in [5, 5.41) is 24.1. The van der Waals surface area contributed by atoms with Crippen molar-refractivity contribution in [2.75, 3.05) is 17.2 Å². The number of ketones is 1. The van der Waals surface area contributed by atoms with Crippen molar-refractivity contribution in [3.05, 3.63) is 72.2 Å². The molecule has 0 bridgehead atoms. The molecule has 1 spiro atoms. The van der Waals surface area contributed by atoms with E-state index in [1.165, 1.54) is 6.39 Å². The number of carbonyl (C=O) groups excluding carboxylic acids is 1. The zero-order valence-corrected chi connectivity index (χ0v) is 17.9. The first-order chi connectivity index (χ1) is 16.6. The molecule has 10 heteroatoms. The van der Waals surface area contributed by atoms with Gasteiger partial charge >= 0.3 is 0 Å². The number of nitrogens with one attached hydrogen (secondary N) is 2. The van der Waals surface area contributed by atoms with Crippen LogP contribution in [0.15, 0.2) is 65.5 Å². The summed E-state index contributed by atoms with van der Waals surface area (Å²) in [4.78, 5) is 21.5. The van der Waals surface area contributed by atoms with E-state index in [-0.39, 0.29) is 18.3 Å². The lowest BCUT2D eigenvalue weighted by molar-refractivity contribution is 0.0820. The highest BCUT2D eigenvalue weighted by atomic mass is 16.5. The van der Waals surface area contributed by atoms with Gasteiger partial charge in [-0.05, 0) is 30.5 Å². The summed E-state index contributed by atoms with van der Waals surface area (Å²) in [5.74, 6) is 1.59. The smallest absolute Gasteiger partial charge is 0.252 e. The van der Waals surface area contributed by atoms with Crippen LogP contribution in [0.1, 0.15) is 34.8 Å². The fraction of sp³-hybridized carbons (Fsp3) is 0.208. The minimum absolute atomic E-state index is 0.0525. The van der Waals surface area contributed by atoms with Crippen LogP contribution in [0.2, 0.25) is 0 Å². The molecule has 10 nitrogen and oxygen atoms in total. The predicted molar refractivity (Wildman–Crippen MR) is 122 cm³/mol. The minimum atomic E-state index is -0.642. The first-order valence-corrected chi connectivity index (χ1v) is 10.9. The van der Waals surface area contributed by atoms with Crippen LogP contribution in [0, 0.1) is 0 Å². The van der Waals surface area contributed by atoms with Gasteiger partial charge in [0.15, 0.2) is 5.60 Å². The number of aliphatic hydroxyl groups is 1. The third-order valence-corrected chi connectivity index (χ3v) is 5.98. The molecule has 6 rings (SSSR count). The Morgan fingerprint density at radius 2 is 1.97 bits per heavy atom. The molecular formula is C24H20N6O4. The van der Waals surface area contributed by atoms with E-state index < -0.39 is 11.6 Å². The fourth-order valence-electron chi connectivity index (χ4n) is 4.03. The van der Waals surface area contributed by atoms with Gasteiger partial charge in [-0.25, -0.2) is 4.98 Å². The Balaban J connectivity index is 1.31. The molecule has 1 aliphatic heterocycles. The lowest BCUT2D eigenvalue weighted by Crippen LogP contribution is -2.21. The molecular weight excluding hydrogens is 436 g/mol. The maximum Gasteiger partial charge on any atom is 0.252 e. The number of fused-ring (bicyclic) bond motifs is 1. The Kier molecular flexibility index (Phi) is 4.73. The van der Waals surface area contributed by atoms with Gasteiger partial charge in [-0.15, -0.1) is 10.2 Å². The average molecular weight is 456 g/mol. The number of rotatable bonds is 7. The van der Waals surface area contributed by atoms with E-state index in [2.05, 4.69) is 30.8 Å². The van der Waals surface area contributed by atoms with E-state index >= 15 is 0 Å². The van der Waals surface area contributed by atoms with Crippen molar-refractivity contribution in [1.82, 2.24) is 20.2 Å². The number of carbonyl (C=O) groups is 1. The average Bonchev–Trinajstić information content (AvgIpc) is 3.32. The summed E-state index contributed by atoms with van der Waals surface area (Å²) in [5.41, 5.74) is 2.03. The van der Waals surface area contributed by atoms with Gasteiger partial charge in [-0.3, -0.25) is 4.79 Å². The van der Waals surface area contributed by atoms with Crippen LogP contribution in [0.4, 0.5) is 17.5 Å². The monoisotopic (exact) mass is 456 g/mol. The van der Waals surface area contributed by atoms with Crippen LogP contribution >= 0.6 is 0 Å². The molecule has 0 unspecified atom stereocenters. The first-order valence-electron chi connectivity index (χ1n) is 10.9. The summed E-state index contributed by atoms with van der Waals surface area (Å²) in [6.07, 6.45) is 4.31. The topological polar surface area (TPSA) is 135 Å². The van der Waals surface area contributed by atoms with Crippen LogP contribution in [-0.4, -0.2) is 43.3 Å². The minimum Gasteiger partial charge on any atom is -0.478 e. The van der Waals surface area contributed by atoms with Gasteiger partial charge in [0, 0.05) is 18.0 Å². The van der Waals surface area contributed by atoms with Gasteiger partial charge < -0.3 is 24.9 Å². The van der Waals surface area contributed by atoms with Gasteiger partial charge in [-0.2, -0.15) is 4.98 Å². The molecule has 3 heterocycles. The van der Waals surface area contributed by atoms with E-state index in [0.717, 1.165) is 18.4 Å². The molecule has 1 aliphatic carbocycles. The van der Waals surface area contributed by atoms with Gasteiger partial charge in [0.2, 0.25) is 18.1 Å². The highest BCUT2D eigenvalue weighted by molar-refractivity contribution is 6.09. The van der Waals surface area contributed by atoms with Crippen molar-refractivity contribution in [2.45, 2.75) is 24.5 Å². The second-order valence-electron chi connectivity index (χ2n) is 8.25. The third kappa shape index (κ3) is 3.54. The van der Waals surface area contributed by atoms with E-state index in [0.29, 0.717) is 34.3 Å². The Labute approximate surface area is 194 Å². The van der Waals surface area contributed by atoms with E-state index in [1.807, 2.05) is 30.3 Å². The van der Waals surface area contributed by atoms with Gasteiger partial charge in [0.1, 0.15) is 11.6 Å². The molecule has 34 heavy (non-hydrogen) atoms. The maximum absolute atomic E-state index is 12.5. The Morgan fingerprint density at radius 1 is 1.12 bits per heavy atom. The van der Waals surface area contributed by atoms with Crippen LogP contribution in [0.3, 0.4) is 0 Å². The molecule has 0 radical (unpaired) electrons. The van der Waals surface area contributed by atoms with Gasteiger partial charge in [-0.1, -0.05) is 30.3 Å². The lowest BCUT2D eigenvalue weighted by atomic mass is 10.1. The van der Waals surface area contributed by atoms with Crippen LogP contribution in [0.25, 0.3) is 11.5 Å². The number of Topliss-reactive ketones (excluding diaryl/α,β-unsaturated/α-hetero) is 1. The van der Waals surface area contributed by atoms with Gasteiger partial charge in [0.05, 0.1) is 23.8 Å². The predicted octanol–water partition coefficient (Wildman–Crippen LogP) is 3.52. The van der Waals surface area contributed by atoms with Crippen molar-refractivity contribution < 1.29 is 19.1 Å². The number of hydrogen-bond acceptors (Lipinski definition) is 10. The van der Waals surface area contributed by atoms with Crippen molar-refractivity contribution >= 4 is 23.2 Å².